The van der Waals surface area contributed by atoms with Gasteiger partial charge in [0, 0.05) is 55.0 Å². The average Bonchev–Trinajstić information content (AvgIpc) is 3.02. The number of carbonyl (C=O) groups is 8. The molecule has 51 heavy (non-hydrogen) atoms. The van der Waals surface area contributed by atoms with Crippen molar-refractivity contribution in [2.24, 2.45) is 0 Å². The summed E-state index contributed by atoms with van der Waals surface area (Å²) in [4.78, 5) is 98.2. The Morgan fingerprint density at radius 3 is 1.78 bits per heavy atom. The highest BCUT2D eigenvalue weighted by molar-refractivity contribution is 5.84. The topological polar surface area (TPSA) is 232 Å². The number of amides is 1. The van der Waals surface area contributed by atoms with Crippen LogP contribution in [-0.4, -0.2) is 110 Å². The number of esters is 7. The van der Waals surface area contributed by atoms with Crippen LogP contribution in [0.1, 0.15) is 54.0 Å². The van der Waals surface area contributed by atoms with Gasteiger partial charge in [0.05, 0.1) is 13.0 Å². The van der Waals surface area contributed by atoms with Crippen LogP contribution >= 0.6 is 0 Å². The van der Waals surface area contributed by atoms with Crippen LogP contribution in [0, 0.1) is 6.42 Å². The summed E-state index contributed by atoms with van der Waals surface area (Å²) in [6.45, 7) is 5.91. The van der Waals surface area contributed by atoms with E-state index in [-0.39, 0.29) is 6.61 Å². The Morgan fingerprint density at radius 2 is 1.25 bits per heavy atom. The van der Waals surface area contributed by atoms with E-state index in [4.69, 9.17) is 42.6 Å². The molecule has 281 valence electrons. The Hall–Kier alpha value is -5.10. The summed E-state index contributed by atoms with van der Waals surface area (Å²) < 4.78 is 48.6. The summed E-state index contributed by atoms with van der Waals surface area (Å²) >= 11 is 0. The summed E-state index contributed by atoms with van der Waals surface area (Å²) in [5.41, 5.74) is 0.773. The summed E-state index contributed by atoms with van der Waals surface area (Å²) in [7, 11) is 0. The summed E-state index contributed by atoms with van der Waals surface area (Å²) in [5, 5.41) is 2.45. The van der Waals surface area contributed by atoms with E-state index in [2.05, 4.69) is 5.32 Å². The minimum atomic E-state index is -2.09. The van der Waals surface area contributed by atoms with Gasteiger partial charge >= 0.3 is 41.8 Å². The molecule has 0 spiro atoms. The molecule has 8 atom stereocenters. The third-order valence-corrected chi connectivity index (χ3v) is 6.60. The molecule has 1 fully saturated rings. The summed E-state index contributed by atoms with van der Waals surface area (Å²) in [6.07, 6.45) is -11.2. The van der Waals surface area contributed by atoms with Crippen LogP contribution in [0.15, 0.2) is 30.3 Å². The van der Waals surface area contributed by atoms with E-state index in [0.29, 0.717) is 0 Å². The second-order valence-electron chi connectivity index (χ2n) is 11.1. The maximum absolute atomic E-state index is 13.8. The number of rotatable bonds is 17. The van der Waals surface area contributed by atoms with Gasteiger partial charge in [-0.1, -0.05) is 30.3 Å². The SMILES string of the molecule is CC(=O)OC[C@H](OC(C)=O)[C@@H](OC(C)=O)[C@H](OC(C)=O)[C@H](OC(C)=O)C(=O)NC[C@H]1O[C@H](OCc2ccccc2)[CH][C@@H](OC(C)=O)[C@@H]1OC(C)=O. The minimum Gasteiger partial charge on any atom is -0.462 e. The zero-order valence-electron chi connectivity index (χ0n) is 29.1. The quantitative estimate of drug-likeness (QED) is 0.169. The zero-order chi connectivity index (χ0) is 38.2. The Balaban J connectivity index is 2.48. The van der Waals surface area contributed by atoms with Gasteiger partial charge in [-0.2, -0.15) is 0 Å². The van der Waals surface area contributed by atoms with Gasteiger partial charge in [-0.15, -0.1) is 0 Å². The number of benzene rings is 1. The van der Waals surface area contributed by atoms with E-state index < -0.39 is 110 Å². The van der Waals surface area contributed by atoms with Crippen molar-refractivity contribution in [3.8, 4) is 0 Å². The monoisotopic (exact) mass is 724 g/mol. The Morgan fingerprint density at radius 1 is 0.686 bits per heavy atom. The lowest BCUT2D eigenvalue weighted by atomic mass is 9.99. The first kappa shape index (κ1) is 42.1. The van der Waals surface area contributed by atoms with Crippen molar-refractivity contribution in [3.05, 3.63) is 42.3 Å². The van der Waals surface area contributed by atoms with Crippen LogP contribution in [-0.2, 0) is 87.6 Å². The van der Waals surface area contributed by atoms with Gasteiger partial charge in [-0.3, -0.25) is 38.4 Å². The second-order valence-corrected chi connectivity index (χ2v) is 11.1. The fourth-order valence-electron chi connectivity index (χ4n) is 4.81. The van der Waals surface area contributed by atoms with Gasteiger partial charge in [0.25, 0.3) is 5.91 Å². The van der Waals surface area contributed by atoms with Crippen molar-refractivity contribution < 1.29 is 81.0 Å². The fraction of sp³-hybridized carbons (Fsp3) is 0.545. The standard InChI is InChI=1S/C33H42NO17/c1-17(35)43-16-27(46-19(3)37)30(48-21(5)39)31(49-22(6)40)32(50-23(7)41)33(42)34-14-26-29(47-20(4)38)25(45-18(2)36)13-28(51-26)44-15-24-11-9-8-10-12-24/h8-13,25-32H,14-16H2,1-7H3,(H,34,42)/t25-,26-,27+,28+,29+,30-,31+,32+/m1/s1. The molecule has 0 unspecified atom stereocenters. The molecule has 2 rings (SSSR count). The van der Waals surface area contributed by atoms with Crippen LogP contribution in [0.3, 0.4) is 0 Å². The van der Waals surface area contributed by atoms with E-state index in [0.717, 1.165) is 54.0 Å². The van der Waals surface area contributed by atoms with Gasteiger partial charge < -0.3 is 47.9 Å². The minimum absolute atomic E-state index is 0.0546. The maximum Gasteiger partial charge on any atom is 0.303 e. The number of nitrogens with one attached hydrogen (secondary N) is 1. The van der Waals surface area contributed by atoms with Crippen LogP contribution in [0.2, 0.25) is 0 Å². The molecule has 1 aliphatic heterocycles. The van der Waals surface area contributed by atoms with Crippen molar-refractivity contribution in [1.82, 2.24) is 5.32 Å². The fourth-order valence-corrected chi connectivity index (χ4v) is 4.81. The normalized spacial score (nSPS) is 20.5. The molecule has 18 heteroatoms. The average molecular weight is 725 g/mol. The summed E-state index contributed by atoms with van der Waals surface area (Å²) in [5.74, 6) is -7.53. The molecule has 1 aliphatic rings. The number of ether oxygens (including phenoxy) is 9. The highest BCUT2D eigenvalue weighted by Crippen LogP contribution is 2.27. The van der Waals surface area contributed by atoms with Crippen molar-refractivity contribution in [2.45, 2.75) is 104 Å². The Bertz CT molecular complexity index is 1400. The largest absolute Gasteiger partial charge is 0.462 e. The molecular weight excluding hydrogens is 682 g/mol. The van der Waals surface area contributed by atoms with E-state index >= 15 is 0 Å². The predicted octanol–water partition coefficient (Wildman–Crippen LogP) is 0.402. The first-order valence-electron chi connectivity index (χ1n) is 15.6. The van der Waals surface area contributed by atoms with Gasteiger partial charge in [0.2, 0.25) is 6.10 Å². The summed E-state index contributed by atoms with van der Waals surface area (Å²) in [6, 6.07) is 8.98. The molecule has 18 nitrogen and oxygen atoms in total. The van der Waals surface area contributed by atoms with Gasteiger partial charge in [0.15, 0.2) is 30.7 Å². The van der Waals surface area contributed by atoms with Crippen LogP contribution in [0.4, 0.5) is 0 Å². The van der Waals surface area contributed by atoms with Gasteiger partial charge in [-0.05, 0) is 5.56 Å². The molecule has 0 aromatic heterocycles. The highest BCUT2D eigenvalue weighted by Gasteiger charge is 2.48. The molecule has 1 heterocycles. The third kappa shape index (κ3) is 15.1. The predicted molar refractivity (Wildman–Crippen MR) is 167 cm³/mol. The molecular formula is C33H42NO17. The number of carbonyl (C=O) groups excluding carboxylic acids is 8. The molecule has 1 aromatic rings. The van der Waals surface area contributed by atoms with Crippen molar-refractivity contribution in [3.63, 3.8) is 0 Å². The Labute approximate surface area is 293 Å². The first-order chi connectivity index (χ1) is 24.0. The van der Waals surface area contributed by atoms with Crippen LogP contribution in [0.25, 0.3) is 0 Å². The van der Waals surface area contributed by atoms with Crippen LogP contribution in [0.5, 0.6) is 0 Å². The lowest BCUT2D eigenvalue weighted by Gasteiger charge is -2.40. The first-order valence-corrected chi connectivity index (χ1v) is 15.6. The smallest absolute Gasteiger partial charge is 0.303 e. The highest BCUT2D eigenvalue weighted by atomic mass is 16.7. The van der Waals surface area contributed by atoms with Gasteiger partial charge in [-0.25, -0.2) is 0 Å². The molecule has 1 aromatic carbocycles. The zero-order valence-corrected chi connectivity index (χ0v) is 29.1. The second kappa shape index (κ2) is 20.5. The lowest BCUT2D eigenvalue weighted by Crippen LogP contribution is -2.59. The van der Waals surface area contributed by atoms with E-state index in [1.807, 2.05) is 6.07 Å². The van der Waals surface area contributed by atoms with Crippen molar-refractivity contribution in [2.75, 3.05) is 13.2 Å². The van der Waals surface area contributed by atoms with Gasteiger partial charge in [0.1, 0.15) is 18.8 Å². The Kier molecular flexibility index (Phi) is 16.9. The molecule has 1 saturated heterocycles. The molecule has 0 saturated carbocycles. The molecule has 0 aliphatic carbocycles. The molecule has 1 amide bonds. The van der Waals surface area contributed by atoms with E-state index in [9.17, 15) is 38.4 Å². The third-order valence-electron chi connectivity index (χ3n) is 6.60. The molecule has 1 N–H and O–H groups in total. The van der Waals surface area contributed by atoms with Crippen LogP contribution < -0.4 is 5.32 Å². The van der Waals surface area contributed by atoms with E-state index in [1.54, 1.807) is 24.3 Å². The van der Waals surface area contributed by atoms with Crippen molar-refractivity contribution in [1.29, 1.82) is 0 Å². The van der Waals surface area contributed by atoms with E-state index in [1.165, 1.54) is 6.42 Å². The maximum atomic E-state index is 13.8. The number of hydrogen-bond acceptors (Lipinski definition) is 17. The lowest BCUT2D eigenvalue weighted by molar-refractivity contribution is -0.236. The van der Waals surface area contributed by atoms with Crippen molar-refractivity contribution >= 4 is 47.7 Å². The number of hydrogen-bond donors (Lipinski definition) is 1. The molecule has 1 radical (unpaired) electrons. The molecule has 0 bridgehead atoms.